The second-order valence-electron chi connectivity index (χ2n) is 3.51. The Hall–Kier alpha value is -2.64. The Bertz CT molecular complexity index is 472. The van der Waals surface area contributed by atoms with Crippen molar-refractivity contribution >= 4 is 23.4 Å². The highest BCUT2D eigenvalue weighted by Gasteiger charge is 2.06. The van der Waals surface area contributed by atoms with Crippen LogP contribution < -0.4 is 10.6 Å². The van der Waals surface area contributed by atoms with Crippen LogP contribution in [0.15, 0.2) is 24.3 Å². The van der Waals surface area contributed by atoms with Gasteiger partial charge in [0, 0.05) is 24.4 Å². The molecule has 8 nitrogen and oxygen atoms in total. The van der Waals surface area contributed by atoms with Crippen LogP contribution in [-0.4, -0.2) is 30.6 Å². The van der Waals surface area contributed by atoms with E-state index >= 15 is 0 Å². The number of nitrogens with zero attached hydrogens (tertiary/aromatic N) is 1. The molecule has 0 saturated carbocycles. The minimum atomic E-state index is -0.528. The van der Waals surface area contributed by atoms with E-state index in [2.05, 4.69) is 15.4 Å². The van der Waals surface area contributed by atoms with Gasteiger partial charge in [-0.05, 0) is 12.1 Å². The van der Waals surface area contributed by atoms with Crippen molar-refractivity contribution in [2.75, 3.05) is 19.0 Å². The number of nitrogens with one attached hydrogen (secondary N) is 2. The Morgan fingerprint density at radius 3 is 2.47 bits per heavy atom. The fourth-order valence-corrected chi connectivity index (χ4v) is 1.22. The fraction of sp³-hybridized carbons (Fsp3) is 0.273. The fourth-order valence-electron chi connectivity index (χ4n) is 1.22. The molecular weight excluding hydrogens is 254 g/mol. The average molecular weight is 267 g/mol. The normalized spacial score (nSPS) is 9.53. The Balaban J connectivity index is 2.40. The maximum Gasteiger partial charge on any atom is 0.319 e. The SMILES string of the molecule is COC(=O)CCNC(=O)Nc1ccc([N+](=O)[O-])cc1. The Labute approximate surface area is 108 Å². The molecule has 0 spiro atoms. The molecule has 2 N–H and O–H groups in total. The first-order valence-corrected chi connectivity index (χ1v) is 5.39. The molecule has 0 unspecified atom stereocenters. The lowest BCUT2D eigenvalue weighted by atomic mass is 10.3. The number of carbonyl (C=O) groups excluding carboxylic acids is 2. The van der Waals surface area contributed by atoms with Crippen LogP contribution in [-0.2, 0) is 9.53 Å². The number of anilines is 1. The zero-order chi connectivity index (χ0) is 14.3. The van der Waals surface area contributed by atoms with Gasteiger partial charge in [-0.25, -0.2) is 4.79 Å². The number of rotatable bonds is 5. The number of urea groups is 1. The lowest BCUT2D eigenvalue weighted by molar-refractivity contribution is -0.384. The number of methoxy groups -OCH3 is 1. The molecule has 0 saturated heterocycles. The predicted octanol–water partition coefficient (Wildman–Crippen LogP) is 1.28. The van der Waals surface area contributed by atoms with E-state index < -0.39 is 16.9 Å². The molecule has 19 heavy (non-hydrogen) atoms. The van der Waals surface area contributed by atoms with Crippen LogP contribution in [0.2, 0.25) is 0 Å². The molecule has 0 atom stereocenters. The van der Waals surface area contributed by atoms with Gasteiger partial charge in [0.25, 0.3) is 5.69 Å². The van der Waals surface area contributed by atoms with Crippen molar-refractivity contribution in [3.05, 3.63) is 34.4 Å². The number of carbonyl (C=O) groups is 2. The zero-order valence-corrected chi connectivity index (χ0v) is 10.2. The number of nitro benzene ring substituents is 1. The summed E-state index contributed by atoms with van der Waals surface area (Å²) >= 11 is 0. The summed E-state index contributed by atoms with van der Waals surface area (Å²) < 4.78 is 4.41. The summed E-state index contributed by atoms with van der Waals surface area (Å²) in [6.07, 6.45) is 0.0736. The molecule has 102 valence electrons. The molecule has 2 amide bonds. The first kappa shape index (κ1) is 14.4. The summed E-state index contributed by atoms with van der Waals surface area (Å²) in [6, 6.07) is 4.89. The van der Waals surface area contributed by atoms with Crippen LogP contribution >= 0.6 is 0 Å². The van der Waals surface area contributed by atoms with E-state index in [0.717, 1.165) is 0 Å². The first-order valence-electron chi connectivity index (χ1n) is 5.39. The average Bonchev–Trinajstić information content (AvgIpc) is 2.39. The molecule has 0 bridgehead atoms. The van der Waals surface area contributed by atoms with Crippen LogP contribution in [0.25, 0.3) is 0 Å². The van der Waals surface area contributed by atoms with E-state index in [-0.39, 0.29) is 18.7 Å². The number of nitro groups is 1. The zero-order valence-electron chi connectivity index (χ0n) is 10.2. The van der Waals surface area contributed by atoms with Gasteiger partial charge in [0.2, 0.25) is 0 Å². The first-order chi connectivity index (χ1) is 9.02. The minimum absolute atomic E-state index is 0.0587. The van der Waals surface area contributed by atoms with Gasteiger partial charge in [-0.3, -0.25) is 14.9 Å². The van der Waals surface area contributed by atoms with E-state index in [9.17, 15) is 19.7 Å². The lowest BCUT2D eigenvalue weighted by Crippen LogP contribution is -2.30. The standard InChI is InChI=1S/C11H13N3O5/c1-19-10(15)6-7-12-11(16)13-8-2-4-9(5-3-8)14(17)18/h2-5H,6-7H2,1H3,(H2,12,13,16). The van der Waals surface area contributed by atoms with E-state index in [1.807, 2.05) is 0 Å². The quantitative estimate of drug-likeness (QED) is 0.474. The largest absolute Gasteiger partial charge is 0.469 e. The van der Waals surface area contributed by atoms with Gasteiger partial charge in [0.1, 0.15) is 0 Å². The molecule has 0 aliphatic carbocycles. The second kappa shape index (κ2) is 6.94. The van der Waals surface area contributed by atoms with Gasteiger partial charge in [0.05, 0.1) is 18.5 Å². The number of amides is 2. The van der Waals surface area contributed by atoms with Gasteiger partial charge in [-0.1, -0.05) is 0 Å². The molecule has 1 aromatic carbocycles. The molecule has 0 aromatic heterocycles. The van der Waals surface area contributed by atoms with Crippen molar-refractivity contribution in [3.8, 4) is 0 Å². The van der Waals surface area contributed by atoms with Gasteiger partial charge in [0.15, 0.2) is 0 Å². The molecule has 8 heteroatoms. The number of benzene rings is 1. The maximum absolute atomic E-state index is 11.4. The summed E-state index contributed by atoms with van der Waals surface area (Å²) in [5.74, 6) is -0.421. The van der Waals surface area contributed by atoms with Gasteiger partial charge in [-0.15, -0.1) is 0 Å². The van der Waals surface area contributed by atoms with Crippen LogP contribution in [0, 0.1) is 10.1 Å². The van der Waals surface area contributed by atoms with Crippen molar-refractivity contribution in [2.24, 2.45) is 0 Å². The van der Waals surface area contributed by atoms with Crippen LogP contribution in [0.3, 0.4) is 0 Å². The van der Waals surface area contributed by atoms with E-state index in [1.165, 1.54) is 31.4 Å². The number of esters is 1. The number of non-ortho nitro benzene ring substituents is 1. The summed E-state index contributed by atoms with van der Waals surface area (Å²) in [5.41, 5.74) is 0.359. The van der Waals surface area contributed by atoms with E-state index in [0.29, 0.717) is 5.69 Å². The van der Waals surface area contributed by atoms with Crippen LogP contribution in [0.1, 0.15) is 6.42 Å². The van der Waals surface area contributed by atoms with Crippen LogP contribution in [0.4, 0.5) is 16.2 Å². The molecule has 1 aromatic rings. The molecule has 1 rings (SSSR count). The summed E-state index contributed by atoms with van der Waals surface area (Å²) in [5, 5.41) is 15.4. The number of hydrogen-bond donors (Lipinski definition) is 2. The highest BCUT2D eigenvalue weighted by Crippen LogP contribution is 2.14. The molecular formula is C11H13N3O5. The van der Waals surface area contributed by atoms with Gasteiger partial charge < -0.3 is 15.4 Å². The van der Waals surface area contributed by atoms with Gasteiger partial charge in [-0.2, -0.15) is 0 Å². The van der Waals surface area contributed by atoms with Crippen LogP contribution in [0.5, 0.6) is 0 Å². The third-order valence-electron chi connectivity index (χ3n) is 2.18. The molecule has 0 aliphatic rings. The molecule has 0 radical (unpaired) electrons. The molecule has 0 fully saturated rings. The topological polar surface area (TPSA) is 111 Å². The smallest absolute Gasteiger partial charge is 0.319 e. The van der Waals surface area contributed by atoms with Crippen molar-refractivity contribution in [3.63, 3.8) is 0 Å². The monoisotopic (exact) mass is 267 g/mol. The summed E-state index contributed by atoms with van der Waals surface area (Å²) in [4.78, 5) is 32.1. The molecule has 0 aliphatic heterocycles. The number of hydrogen-bond acceptors (Lipinski definition) is 5. The highest BCUT2D eigenvalue weighted by atomic mass is 16.6. The lowest BCUT2D eigenvalue weighted by Gasteiger charge is -2.06. The van der Waals surface area contributed by atoms with Crippen molar-refractivity contribution in [1.29, 1.82) is 0 Å². The Morgan fingerprint density at radius 2 is 1.95 bits per heavy atom. The maximum atomic E-state index is 11.4. The van der Waals surface area contributed by atoms with Crippen molar-refractivity contribution in [2.45, 2.75) is 6.42 Å². The van der Waals surface area contributed by atoms with E-state index in [1.54, 1.807) is 0 Å². The minimum Gasteiger partial charge on any atom is -0.469 e. The van der Waals surface area contributed by atoms with Crippen molar-refractivity contribution in [1.82, 2.24) is 5.32 Å². The predicted molar refractivity (Wildman–Crippen MR) is 66.8 cm³/mol. The summed E-state index contributed by atoms with van der Waals surface area (Å²) in [6.45, 7) is 0.144. The van der Waals surface area contributed by atoms with Crippen molar-refractivity contribution < 1.29 is 19.2 Å². The third kappa shape index (κ3) is 5.02. The third-order valence-corrected chi connectivity index (χ3v) is 2.18. The Morgan fingerprint density at radius 1 is 1.32 bits per heavy atom. The highest BCUT2D eigenvalue weighted by molar-refractivity contribution is 5.89. The molecule has 0 heterocycles. The second-order valence-corrected chi connectivity index (χ2v) is 3.51. The van der Waals surface area contributed by atoms with E-state index in [4.69, 9.17) is 0 Å². The Kier molecular flexibility index (Phi) is 5.27. The number of ether oxygens (including phenoxy) is 1. The van der Waals surface area contributed by atoms with Gasteiger partial charge >= 0.3 is 12.0 Å². The summed E-state index contributed by atoms with van der Waals surface area (Å²) in [7, 11) is 1.26.